The highest BCUT2D eigenvalue weighted by atomic mass is 32.2. The predicted octanol–water partition coefficient (Wildman–Crippen LogP) is 1.85. The molecule has 25 heavy (non-hydrogen) atoms. The van der Waals surface area contributed by atoms with Crippen molar-refractivity contribution in [3.8, 4) is 0 Å². The van der Waals surface area contributed by atoms with Crippen LogP contribution in [0, 0.1) is 0 Å². The number of nitrogens with one attached hydrogen (secondary N) is 2. The molecule has 0 saturated carbocycles. The fourth-order valence-corrected chi connectivity index (χ4v) is 3.07. The molecule has 2 rings (SSSR count). The molecule has 0 aliphatic heterocycles. The minimum atomic E-state index is -3.48. The van der Waals surface area contributed by atoms with Gasteiger partial charge in [-0.15, -0.1) is 0 Å². The number of hydrogen-bond acceptors (Lipinski definition) is 4. The normalized spacial score (nSPS) is 11.1. The van der Waals surface area contributed by atoms with Crippen LogP contribution in [0.2, 0.25) is 0 Å². The van der Waals surface area contributed by atoms with Crippen LogP contribution in [0.5, 0.6) is 0 Å². The highest BCUT2D eigenvalue weighted by molar-refractivity contribution is 7.89. The van der Waals surface area contributed by atoms with Crippen molar-refractivity contribution < 1.29 is 13.2 Å². The van der Waals surface area contributed by atoms with Gasteiger partial charge in [0.15, 0.2) is 0 Å². The molecular formula is C18H23N3O3S. The molecule has 0 bridgehead atoms. The van der Waals surface area contributed by atoms with Gasteiger partial charge in [-0.1, -0.05) is 18.2 Å². The lowest BCUT2D eigenvalue weighted by molar-refractivity contribution is 0.0953. The van der Waals surface area contributed by atoms with Gasteiger partial charge in [0.25, 0.3) is 5.91 Å². The summed E-state index contributed by atoms with van der Waals surface area (Å²) in [6.45, 7) is 1.37. The number of carbonyl (C=O) groups is 1. The van der Waals surface area contributed by atoms with E-state index in [1.54, 1.807) is 0 Å². The third-order valence-corrected chi connectivity index (χ3v) is 5.28. The molecule has 2 aromatic carbocycles. The van der Waals surface area contributed by atoms with Crippen molar-refractivity contribution in [3.05, 3.63) is 60.2 Å². The maximum atomic E-state index is 12.1. The van der Waals surface area contributed by atoms with Crippen LogP contribution in [0.3, 0.4) is 0 Å². The number of carbonyl (C=O) groups excluding carboxylic acids is 1. The SMILES string of the molecule is CNS(=O)(=O)c1ccc(C(=O)NCCCN(C)c2ccccc2)cc1. The number of amides is 1. The van der Waals surface area contributed by atoms with E-state index in [0.717, 1.165) is 18.7 Å². The smallest absolute Gasteiger partial charge is 0.251 e. The summed E-state index contributed by atoms with van der Waals surface area (Å²) in [5.74, 6) is -0.212. The largest absolute Gasteiger partial charge is 0.375 e. The Morgan fingerprint density at radius 2 is 1.68 bits per heavy atom. The van der Waals surface area contributed by atoms with Crippen molar-refractivity contribution in [2.24, 2.45) is 0 Å². The van der Waals surface area contributed by atoms with E-state index in [1.807, 2.05) is 37.4 Å². The summed E-state index contributed by atoms with van der Waals surface area (Å²) in [5.41, 5.74) is 1.57. The fraction of sp³-hybridized carbons (Fsp3) is 0.278. The zero-order valence-corrected chi connectivity index (χ0v) is 15.2. The Morgan fingerprint density at radius 1 is 1.04 bits per heavy atom. The van der Waals surface area contributed by atoms with E-state index in [4.69, 9.17) is 0 Å². The van der Waals surface area contributed by atoms with Crippen molar-refractivity contribution >= 4 is 21.6 Å². The molecule has 0 aromatic heterocycles. The average molecular weight is 361 g/mol. The molecule has 0 radical (unpaired) electrons. The third kappa shape index (κ3) is 5.30. The zero-order chi connectivity index (χ0) is 18.3. The van der Waals surface area contributed by atoms with Crippen LogP contribution >= 0.6 is 0 Å². The Hall–Kier alpha value is -2.38. The van der Waals surface area contributed by atoms with Gasteiger partial charge in [-0.05, 0) is 49.9 Å². The number of rotatable bonds is 8. The molecule has 7 heteroatoms. The molecule has 0 unspecified atom stereocenters. The van der Waals surface area contributed by atoms with Crippen molar-refractivity contribution in [3.63, 3.8) is 0 Å². The van der Waals surface area contributed by atoms with Crippen LogP contribution in [0.15, 0.2) is 59.5 Å². The fourth-order valence-electron chi connectivity index (χ4n) is 2.34. The standard InChI is InChI=1S/C18H23N3O3S/c1-19-25(23,24)17-11-9-15(10-12-17)18(22)20-13-6-14-21(2)16-7-4-3-5-8-16/h3-5,7-12,19H,6,13-14H2,1-2H3,(H,20,22). The highest BCUT2D eigenvalue weighted by Gasteiger charge is 2.12. The minimum absolute atomic E-state index is 0.135. The number of hydrogen-bond donors (Lipinski definition) is 2. The monoisotopic (exact) mass is 361 g/mol. The van der Waals surface area contributed by atoms with Crippen molar-refractivity contribution in [2.45, 2.75) is 11.3 Å². The summed E-state index contributed by atoms with van der Waals surface area (Å²) >= 11 is 0. The van der Waals surface area contributed by atoms with Gasteiger partial charge in [-0.25, -0.2) is 13.1 Å². The molecule has 1 amide bonds. The van der Waals surface area contributed by atoms with Crippen LogP contribution in [-0.4, -0.2) is 41.5 Å². The van der Waals surface area contributed by atoms with E-state index in [-0.39, 0.29) is 10.8 Å². The molecule has 2 N–H and O–H groups in total. The topological polar surface area (TPSA) is 78.5 Å². The van der Waals surface area contributed by atoms with Gasteiger partial charge in [0.1, 0.15) is 0 Å². The Morgan fingerprint density at radius 3 is 2.28 bits per heavy atom. The Bertz CT molecular complexity index is 790. The molecule has 0 heterocycles. The Kier molecular flexibility index (Phi) is 6.55. The van der Waals surface area contributed by atoms with Gasteiger partial charge in [-0.3, -0.25) is 4.79 Å². The van der Waals surface area contributed by atoms with Crippen molar-refractivity contribution in [2.75, 3.05) is 32.1 Å². The van der Waals surface area contributed by atoms with Gasteiger partial charge in [0.2, 0.25) is 10.0 Å². The van der Waals surface area contributed by atoms with Gasteiger partial charge in [0.05, 0.1) is 4.90 Å². The first-order valence-corrected chi connectivity index (χ1v) is 9.50. The number of sulfonamides is 1. The minimum Gasteiger partial charge on any atom is -0.375 e. The summed E-state index contributed by atoms with van der Waals surface area (Å²) in [4.78, 5) is 14.4. The van der Waals surface area contributed by atoms with Crippen LogP contribution in [-0.2, 0) is 10.0 Å². The molecule has 2 aromatic rings. The van der Waals surface area contributed by atoms with Crippen LogP contribution in [0.4, 0.5) is 5.69 Å². The predicted molar refractivity (Wildman–Crippen MR) is 99.3 cm³/mol. The Balaban J connectivity index is 1.80. The van der Waals surface area contributed by atoms with E-state index in [0.29, 0.717) is 12.1 Å². The first-order chi connectivity index (χ1) is 11.9. The highest BCUT2D eigenvalue weighted by Crippen LogP contribution is 2.11. The molecular weight excluding hydrogens is 338 g/mol. The van der Waals surface area contributed by atoms with Gasteiger partial charge in [0, 0.05) is 31.4 Å². The van der Waals surface area contributed by atoms with E-state index in [1.165, 1.54) is 31.3 Å². The second kappa shape index (κ2) is 8.64. The van der Waals surface area contributed by atoms with Crippen molar-refractivity contribution in [1.82, 2.24) is 10.0 Å². The van der Waals surface area contributed by atoms with Gasteiger partial charge >= 0.3 is 0 Å². The summed E-state index contributed by atoms with van der Waals surface area (Å²) in [5, 5.41) is 2.85. The van der Waals surface area contributed by atoms with Crippen LogP contribution < -0.4 is 14.9 Å². The first kappa shape index (κ1) is 19.0. The lowest BCUT2D eigenvalue weighted by Gasteiger charge is -2.19. The van der Waals surface area contributed by atoms with Gasteiger partial charge < -0.3 is 10.2 Å². The molecule has 0 aliphatic carbocycles. The maximum Gasteiger partial charge on any atom is 0.251 e. The summed E-state index contributed by atoms with van der Waals surface area (Å²) in [6, 6.07) is 15.9. The summed E-state index contributed by atoms with van der Waals surface area (Å²) in [7, 11) is -0.123. The second-order valence-electron chi connectivity index (χ2n) is 5.60. The molecule has 0 aliphatic rings. The number of para-hydroxylation sites is 1. The number of anilines is 1. The molecule has 0 saturated heterocycles. The lowest BCUT2D eigenvalue weighted by atomic mass is 10.2. The van der Waals surface area contributed by atoms with Crippen LogP contribution in [0.25, 0.3) is 0 Å². The van der Waals surface area contributed by atoms with E-state index < -0.39 is 10.0 Å². The lowest BCUT2D eigenvalue weighted by Crippen LogP contribution is -2.28. The molecule has 0 fully saturated rings. The quantitative estimate of drug-likeness (QED) is 0.704. The van der Waals surface area contributed by atoms with Gasteiger partial charge in [-0.2, -0.15) is 0 Å². The molecule has 134 valence electrons. The summed E-state index contributed by atoms with van der Waals surface area (Å²) in [6.07, 6.45) is 0.809. The maximum absolute atomic E-state index is 12.1. The third-order valence-electron chi connectivity index (χ3n) is 3.85. The van der Waals surface area contributed by atoms with E-state index >= 15 is 0 Å². The first-order valence-electron chi connectivity index (χ1n) is 8.02. The Labute approximate surface area is 148 Å². The molecule has 0 atom stereocenters. The number of nitrogens with zero attached hydrogens (tertiary/aromatic N) is 1. The van der Waals surface area contributed by atoms with Crippen LogP contribution in [0.1, 0.15) is 16.8 Å². The summed E-state index contributed by atoms with van der Waals surface area (Å²) < 4.78 is 25.6. The molecule has 6 nitrogen and oxygen atoms in total. The average Bonchev–Trinajstić information content (AvgIpc) is 2.65. The second-order valence-corrected chi connectivity index (χ2v) is 7.49. The van der Waals surface area contributed by atoms with Crippen molar-refractivity contribution in [1.29, 1.82) is 0 Å². The molecule has 0 spiro atoms. The number of benzene rings is 2. The van der Waals surface area contributed by atoms with E-state index in [2.05, 4.69) is 14.9 Å². The zero-order valence-electron chi connectivity index (χ0n) is 14.4. The van der Waals surface area contributed by atoms with E-state index in [9.17, 15) is 13.2 Å².